The number of aromatic nitrogens is 1. The number of fused-ring (bicyclic) bond motifs is 1. The number of rotatable bonds is 4. The highest BCUT2D eigenvalue weighted by molar-refractivity contribution is 7.22. The molecule has 0 bridgehead atoms. The molecule has 1 amide bonds. The average molecular weight is 433 g/mol. The minimum absolute atomic E-state index is 0.112. The lowest BCUT2D eigenvalue weighted by molar-refractivity contribution is 0.0989. The number of amides is 1. The van der Waals surface area contributed by atoms with Crippen LogP contribution in [-0.4, -0.2) is 10.9 Å². The molecule has 4 aromatic rings. The van der Waals surface area contributed by atoms with Crippen LogP contribution in [0.25, 0.3) is 10.2 Å². The SMILES string of the molecule is Cc1c(Cl)ccc2sc(N(Cc3ccccc3)C(=O)c3ccc(Cl)s3)nc12. The first kappa shape index (κ1) is 18.4. The Balaban J connectivity index is 1.79. The van der Waals surface area contributed by atoms with Crippen LogP contribution in [0.5, 0.6) is 0 Å². The van der Waals surface area contributed by atoms with E-state index in [1.807, 2.05) is 49.4 Å². The van der Waals surface area contributed by atoms with Gasteiger partial charge >= 0.3 is 0 Å². The van der Waals surface area contributed by atoms with Gasteiger partial charge in [-0.2, -0.15) is 0 Å². The summed E-state index contributed by atoms with van der Waals surface area (Å²) in [5, 5.41) is 1.32. The van der Waals surface area contributed by atoms with Crippen LogP contribution in [0.1, 0.15) is 20.8 Å². The second-order valence-electron chi connectivity index (χ2n) is 6.00. The van der Waals surface area contributed by atoms with Crippen LogP contribution < -0.4 is 4.90 Å². The van der Waals surface area contributed by atoms with Crippen molar-refractivity contribution in [2.45, 2.75) is 13.5 Å². The summed E-state index contributed by atoms with van der Waals surface area (Å²) < 4.78 is 1.59. The predicted molar refractivity (Wildman–Crippen MR) is 116 cm³/mol. The van der Waals surface area contributed by atoms with Crippen LogP contribution in [-0.2, 0) is 6.54 Å². The maximum absolute atomic E-state index is 13.2. The summed E-state index contributed by atoms with van der Waals surface area (Å²) >= 11 is 15.0. The first-order chi connectivity index (χ1) is 13.0. The Kier molecular flexibility index (Phi) is 5.19. The fraction of sp³-hybridized carbons (Fsp3) is 0.100. The lowest BCUT2D eigenvalue weighted by Crippen LogP contribution is -2.29. The summed E-state index contributed by atoms with van der Waals surface area (Å²) in [5.74, 6) is -0.112. The number of thiazole rings is 1. The molecular weight excluding hydrogens is 419 g/mol. The summed E-state index contributed by atoms with van der Waals surface area (Å²) in [6.07, 6.45) is 0. The molecule has 4 rings (SSSR count). The first-order valence-electron chi connectivity index (χ1n) is 8.19. The van der Waals surface area contributed by atoms with Crippen molar-refractivity contribution in [2.75, 3.05) is 4.90 Å². The van der Waals surface area contributed by atoms with Crippen molar-refractivity contribution in [3.63, 3.8) is 0 Å². The molecule has 0 fully saturated rings. The molecule has 0 aliphatic carbocycles. The van der Waals surface area contributed by atoms with Gasteiger partial charge in [0, 0.05) is 5.02 Å². The Morgan fingerprint density at radius 1 is 1.04 bits per heavy atom. The highest BCUT2D eigenvalue weighted by atomic mass is 35.5. The molecule has 0 saturated heterocycles. The minimum atomic E-state index is -0.112. The van der Waals surface area contributed by atoms with Gasteiger partial charge in [-0.05, 0) is 42.3 Å². The van der Waals surface area contributed by atoms with Crippen molar-refractivity contribution in [1.82, 2.24) is 4.98 Å². The van der Waals surface area contributed by atoms with Gasteiger partial charge in [-0.15, -0.1) is 11.3 Å². The maximum Gasteiger partial charge on any atom is 0.270 e. The van der Waals surface area contributed by atoms with Crippen LogP contribution in [0, 0.1) is 6.92 Å². The van der Waals surface area contributed by atoms with Crippen LogP contribution in [0.4, 0.5) is 5.13 Å². The van der Waals surface area contributed by atoms with Gasteiger partial charge in [0.25, 0.3) is 5.91 Å². The first-order valence-corrected chi connectivity index (χ1v) is 10.6. The van der Waals surface area contributed by atoms with Crippen LogP contribution in [0.2, 0.25) is 9.36 Å². The third-order valence-corrected chi connectivity index (χ3v) is 6.85. The number of thiophene rings is 1. The number of anilines is 1. The zero-order chi connectivity index (χ0) is 19.0. The molecule has 0 spiro atoms. The maximum atomic E-state index is 13.2. The van der Waals surface area contributed by atoms with E-state index in [1.54, 1.807) is 17.0 Å². The number of hydrogen-bond donors (Lipinski definition) is 0. The summed E-state index contributed by atoms with van der Waals surface area (Å²) in [5.41, 5.74) is 2.78. The second-order valence-corrected chi connectivity index (χ2v) is 9.13. The smallest absolute Gasteiger partial charge is 0.270 e. The van der Waals surface area contributed by atoms with E-state index in [9.17, 15) is 4.79 Å². The van der Waals surface area contributed by atoms with Crippen molar-refractivity contribution in [3.05, 3.63) is 80.0 Å². The molecule has 0 aliphatic rings. The molecule has 27 heavy (non-hydrogen) atoms. The largest absolute Gasteiger partial charge is 0.279 e. The molecule has 0 unspecified atom stereocenters. The van der Waals surface area contributed by atoms with E-state index in [0.29, 0.717) is 25.9 Å². The molecular formula is C20H14Cl2N2OS2. The molecule has 0 saturated carbocycles. The van der Waals surface area contributed by atoms with Gasteiger partial charge in [-0.3, -0.25) is 9.69 Å². The summed E-state index contributed by atoms with van der Waals surface area (Å²) in [6, 6.07) is 17.2. The Hall–Kier alpha value is -1.92. The lowest BCUT2D eigenvalue weighted by Gasteiger charge is -2.19. The van der Waals surface area contributed by atoms with Gasteiger partial charge in [0.1, 0.15) is 0 Å². The van der Waals surface area contributed by atoms with Crippen molar-refractivity contribution in [2.24, 2.45) is 0 Å². The zero-order valence-corrected chi connectivity index (χ0v) is 17.4. The Bertz CT molecular complexity index is 1120. The zero-order valence-electron chi connectivity index (χ0n) is 14.3. The fourth-order valence-electron chi connectivity index (χ4n) is 2.76. The minimum Gasteiger partial charge on any atom is -0.279 e. The van der Waals surface area contributed by atoms with E-state index in [4.69, 9.17) is 28.2 Å². The molecule has 0 atom stereocenters. The molecule has 2 aromatic carbocycles. The number of aryl methyl sites for hydroxylation is 1. The van der Waals surface area contributed by atoms with Crippen molar-refractivity contribution < 1.29 is 4.79 Å². The number of benzene rings is 2. The molecule has 7 heteroatoms. The normalized spacial score (nSPS) is 11.1. The Morgan fingerprint density at radius 3 is 2.52 bits per heavy atom. The van der Waals surface area contributed by atoms with E-state index < -0.39 is 0 Å². The molecule has 2 aromatic heterocycles. The Morgan fingerprint density at radius 2 is 1.81 bits per heavy atom. The van der Waals surface area contributed by atoms with Gasteiger partial charge < -0.3 is 0 Å². The summed E-state index contributed by atoms with van der Waals surface area (Å²) in [7, 11) is 0. The highest BCUT2D eigenvalue weighted by Gasteiger charge is 2.23. The number of carbonyl (C=O) groups excluding carboxylic acids is 1. The number of halogens is 2. The quantitative estimate of drug-likeness (QED) is 0.354. The highest BCUT2D eigenvalue weighted by Crippen LogP contribution is 2.35. The number of carbonyl (C=O) groups is 1. The topological polar surface area (TPSA) is 33.2 Å². The standard InChI is InChI=1S/C20H14Cl2N2OS2/c1-12-14(21)7-8-15-18(12)23-20(27-15)24(11-13-5-3-2-4-6-13)19(25)16-9-10-17(22)26-16/h2-10H,11H2,1H3. The van der Waals surface area contributed by atoms with Gasteiger partial charge in [0.15, 0.2) is 5.13 Å². The van der Waals surface area contributed by atoms with Gasteiger partial charge in [-0.25, -0.2) is 4.98 Å². The van der Waals surface area contributed by atoms with E-state index in [1.165, 1.54) is 22.7 Å². The molecule has 0 radical (unpaired) electrons. The van der Waals surface area contributed by atoms with Crippen molar-refractivity contribution >= 4 is 67.1 Å². The van der Waals surface area contributed by atoms with E-state index in [2.05, 4.69) is 0 Å². The van der Waals surface area contributed by atoms with Crippen molar-refractivity contribution in [1.29, 1.82) is 0 Å². The number of hydrogen-bond acceptors (Lipinski definition) is 4. The average Bonchev–Trinajstić information content (AvgIpc) is 3.30. The monoisotopic (exact) mass is 432 g/mol. The van der Waals surface area contributed by atoms with Crippen LogP contribution >= 0.6 is 45.9 Å². The molecule has 136 valence electrons. The van der Waals surface area contributed by atoms with Gasteiger partial charge in [-0.1, -0.05) is 64.9 Å². The predicted octanol–water partition coefficient (Wildman–Crippen LogP) is 6.82. The van der Waals surface area contributed by atoms with E-state index in [-0.39, 0.29) is 5.91 Å². The molecule has 3 nitrogen and oxygen atoms in total. The van der Waals surface area contributed by atoms with Gasteiger partial charge in [0.05, 0.1) is 26.0 Å². The summed E-state index contributed by atoms with van der Waals surface area (Å²) in [6.45, 7) is 2.37. The molecule has 0 N–H and O–H groups in total. The lowest BCUT2D eigenvalue weighted by atomic mass is 10.2. The molecule has 0 aliphatic heterocycles. The van der Waals surface area contributed by atoms with E-state index in [0.717, 1.165) is 21.3 Å². The summed E-state index contributed by atoms with van der Waals surface area (Å²) in [4.78, 5) is 20.2. The third kappa shape index (κ3) is 3.73. The van der Waals surface area contributed by atoms with E-state index >= 15 is 0 Å². The van der Waals surface area contributed by atoms with Crippen LogP contribution in [0.15, 0.2) is 54.6 Å². The third-order valence-electron chi connectivity index (χ3n) is 4.18. The van der Waals surface area contributed by atoms with Crippen LogP contribution in [0.3, 0.4) is 0 Å². The Labute approximate surface area is 174 Å². The van der Waals surface area contributed by atoms with Gasteiger partial charge in [0.2, 0.25) is 0 Å². The fourth-order valence-corrected chi connectivity index (χ4v) is 4.93. The molecule has 2 heterocycles. The second kappa shape index (κ2) is 7.60. The number of nitrogens with zero attached hydrogens (tertiary/aromatic N) is 2. The van der Waals surface area contributed by atoms with Crippen molar-refractivity contribution in [3.8, 4) is 0 Å².